The molecule has 0 aliphatic carbocycles. The van der Waals surface area contributed by atoms with Gasteiger partial charge in [-0.15, -0.1) is 11.3 Å². The van der Waals surface area contributed by atoms with Crippen molar-refractivity contribution in [3.63, 3.8) is 0 Å². The van der Waals surface area contributed by atoms with Crippen LogP contribution < -0.4 is 0 Å². The van der Waals surface area contributed by atoms with Crippen molar-refractivity contribution >= 4 is 17.2 Å². The molecule has 21 heavy (non-hydrogen) atoms. The van der Waals surface area contributed by atoms with Crippen molar-refractivity contribution in [1.82, 2.24) is 4.90 Å². The van der Waals surface area contributed by atoms with Crippen LogP contribution in [0.15, 0.2) is 41.8 Å². The number of amides is 1. The van der Waals surface area contributed by atoms with Crippen molar-refractivity contribution in [2.75, 3.05) is 0 Å². The van der Waals surface area contributed by atoms with Gasteiger partial charge < -0.3 is 4.90 Å². The summed E-state index contributed by atoms with van der Waals surface area (Å²) < 4.78 is 0. The molecule has 0 radical (unpaired) electrons. The van der Waals surface area contributed by atoms with Crippen molar-refractivity contribution in [1.29, 1.82) is 5.26 Å². The summed E-state index contributed by atoms with van der Waals surface area (Å²) in [5, 5.41) is 10.8. The Kier molecular flexibility index (Phi) is 5.13. The maximum absolute atomic E-state index is 12.5. The van der Waals surface area contributed by atoms with Crippen LogP contribution in [0.25, 0.3) is 0 Å². The number of nitriles is 1. The molecule has 0 bridgehead atoms. The number of nitrogens with zero attached hydrogens (tertiary/aromatic N) is 2. The molecule has 1 aromatic heterocycles. The van der Waals surface area contributed by atoms with Crippen molar-refractivity contribution in [3.8, 4) is 6.07 Å². The zero-order valence-corrected chi connectivity index (χ0v) is 13.1. The first kappa shape index (κ1) is 15.3. The van der Waals surface area contributed by atoms with Crippen LogP contribution in [0.5, 0.6) is 0 Å². The number of thiophene rings is 1. The molecule has 0 aliphatic heterocycles. The third-order valence-electron chi connectivity index (χ3n) is 3.29. The monoisotopic (exact) mass is 298 g/mol. The second-order valence-electron chi connectivity index (χ2n) is 5.18. The van der Waals surface area contributed by atoms with Crippen LogP contribution in [0.2, 0.25) is 0 Å². The number of carbonyl (C=O) groups is 1. The van der Waals surface area contributed by atoms with E-state index in [1.54, 1.807) is 23.5 Å². The molecule has 4 heteroatoms. The largest absolute Gasteiger partial charge is 0.336 e. The molecule has 0 unspecified atom stereocenters. The molecule has 0 N–H and O–H groups in total. The van der Waals surface area contributed by atoms with E-state index < -0.39 is 0 Å². The van der Waals surface area contributed by atoms with Gasteiger partial charge in [0.1, 0.15) is 0 Å². The molecular formula is C17H18N2OS. The minimum Gasteiger partial charge on any atom is -0.336 e. The van der Waals surface area contributed by atoms with Crippen LogP contribution in [0.4, 0.5) is 0 Å². The minimum atomic E-state index is 0.136. The quantitative estimate of drug-likeness (QED) is 0.846. The maximum Gasteiger partial charge on any atom is 0.228 e. The summed E-state index contributed by atoms with van der Waals surface area (Å²) in [6.45, 7) is 4.62. The normalized spacial score (nSPS) is 10.4. The van der Waals surface area contributed by atoms with E-state index >= 15 is 0 Å². The van der Waals surface area contributed by atoms with Gasteiger partial charge in [0.2, 0.25) is 5.91 Å². The topological polar surface area (TPSA) is 44.1 Å². The van der Waals surface area contributed by atoms with Gasteiger partial charge in [-0.05, 0) is 43.0 Å². The SMILES string of the molecule is CC(C)N(Cc1ccc(C#N)cc1)C(=O)Cc1cccs1. The van der Waals surface area contributed by atoms with Crippen LogP contribution in [0.3, 0.4) is 0 Å². The second-order valence-corrected chi connectivity index (χ2v) is 6.21. The Morgan fingerprint density at radius 2 is 2.00 bits per heavy atom. The Hall–Kier alpha value is -2.12. The number of hydrogen-bond donors (Lipinski definition) is 0. The zero-order chi connectivity index (χ0) is 15.2. The molecule has 2 rings (SSSR count). The van der Waals surface area contributed by atoms with Crippen LogP contribution >= 0.6 is 11.3 Å². The molecule has 0 atom stereocenters. The van der Waals surface area contributed by atoms with Gasteiger partial charge in [-0.3, -0.25) is 4.79 Å². The van der Waals surface area contributed by atoms with Gasteiger partial charge in [-0.2, -0.15) is 5.26 Å². The predicted molar refractivity (Wildman–Crippen MR) is 84.9 cm³/mol. The summed E-state index contributed by atoms with van der Waals surface area (Å²) in [6, 6.07) is 13.6. The first-order chi connectivity index (χ1) is 10.1. The lowest BCUT2D eigenvalue weighted by Gasteiger charge is -2.27. The van der Waals surface area contributed by atoms with E-state index in [0.29, 0.717) is 18.5 Å². The maximum atomic E-state index is 12.5. The van der Waals surface area contributed by atoms with E-state index in [-0.39, 0.29) is 11.9 Å². The molecule has 0 saturated heterocycles. The fourth-order valence-electron chi connectivity index (χ4n) is 2.10. The lowest BCUT2D eigenvalue weighted by molar-refractivity contribution is -0.132. The number of hydrogen-bond acceptors (Lipinski definition) is 3. The summed E-state index contributed by atoms with van der Waals surface area (Å²) >= 11 is 1.61. The molecule has 1 aromatic carbocycles. The van der Waals surface area contributed by atoms with Gasteiger partial charge in [0.05, 0.1) is 18.1 Å². The average molecular weight is 298 g/mol. The lowest BCUT2D eigenvalue weighted by atomic mass is 10.1. The summed E-state index contributed by atoms with van der Waals surface area (Å²) in [4.78, 5) is 15.4. The van der Waals surface area contributed by atoms with Crippen molar-refractivity contribution in [2.45, 2.75) is 32.9 Å². The Morgan fingerprint density at radius 1 is 1.29 bits per heavy atom. The van der Waals surface area contributed by atoms with Gasteiger partial charge in [-0.25, -0.2) is 0 Å². The van der Waals surface area contributed by atoms with Crippen LogP contribution in [-0.2, 0) is 17.8 Å². The minimum absolute atomic E-state index is 0.136. The van der Waals surface area contributed by atoms with E-state index in [4.69, 9.17) is 5.26 Å². The van der Waals surface area contributed by atoms with E-state index in [1.807, 2.05) is 48.4 Å². The van der Waals surface area contributed by atoms with E-state index in [2.05, 4.69) is 6.07 Å². The van der Waals surface area contributed by atoms with Gasteiger partial charge in [-0.1, -0.05) is 18.2 Å². The molecular weight excluding hydrogens is 280 g/mol. The lowest BCUT2D eigenvalue weighted by Crippen LogP contribution is -2.37. The molecule has 0 spiro atoms. The summed E-state index contributed by atoms with van der Waals surface area (Å²) in [7, 11) is 0. The standard InChI is InChI=1S/C17H18N2OS/c1-13(2)19(17(20)10-16-4-3-9-21-16)12-15-7-5-14(11-18)6-8-15/h3-9,13H,10,12H2,1-2H3. The van der Waals surface area contributed by atoms with Crippen molar-refractivity contribution in [3.05, 3.63) is 57.8 Å². The highest BCUT2D eigenvalue weighted by atomic mass is 32.1. The number of carbonyl (C=O) groups excluding carboxylic acids is 1. The first-order valence-corrected chi connectivity index (χ1v) is 7.79. The smallest absolute Gasteiger partial charge is 0.228 e. The highest BCUT2D eigenvalue weighted by Gasteiger charge is 2.18. The van der Waals surface area contributed by atoms with Crippen LogP contribution in [-0.4, -0.2) is 16.8 Å². The molecule has 0 aliphatic rings. The Balaban J connectivity index is 2.07. The Labute approximate surface area is 129 Å². The van der Waals surface area contributed by atoms with Gasteiger partial charge >= 0.3 is 0 Å². The van der Waals surface area contributed by atoms with Gasteiger partial charge in [0.25, 0.3) is 0 Å². The molecule has 1 heterocycles. The summed E-state index contributed by atoms with van der Waals surface area (Å²) in [6.07, 6.45) is 0.451. The highest BCUT2D eigenvalue weighted by molar-refractivity contribution is 7.10. The Bertz CT molecular complexity index is 624. The van der Waals surface area contributed by atoms with Gasteiger partial charge in [0, 0.05) is 17.5 Å². The molecule has 3 nitrogen and oxygen atoms in total. The van der Waals surface area contributed by atoms with Crippen molar-refractivity contribution in [2.24, 2.45) is 0 Å². The van der Waals surface area contributed by atoms with Crippen LogP contribution in [0.1, 0.15) is 29.9 Å². The average Bonchev–Trinajstić information content (AvgIpc) is 2.97. The van der Waals surface area contributed by atoms with Gasteiger partial charge in [0.15, 0.2) is 0 Å². The van der Waals surface area contributed by atoms with E-state index in [1.165, 1.54) is 0 Å². The van der Waals surface area contributed by atoms with Crippen molar-refractivity contribution < 1.29 is 4.79 Å². The summed E-state index contributed by atoms with van der Waals surface area (Å²) in [5.41, 5.74) is 1.68. The predicted octanol–water partition coefficient (Wildman–Crippen LogP) is 3.60. The fourth-order valence-corrected chi connectivity index (χ4v) is 2.80. The van der Waals surface area contributed by atoms with E-state index in [9.17, 15) is 4.79 Å². The Morgan fingerprint density at radius 3 is 2.52 bits per heavy atom. The second kappa shape index (κ2) is 7.05. The zero-order valence-electron chi connectivity index (χ0n) is 12.2. The molecule has 0 saturated carbocycles. The number of rotatable bonds is 5. The van der Waals surface area contributed by atoms with Crippen LogP contribution in [0, 0.1) is 11.3 Å². The fraction of sp³-hybridized carbons (Fsp3) is 0.294. The molecule has 108 valence electrons. The molecule has 1 amide bonds. The molecule has 0 fully saturated rings. The highest BCUT2D eigenvalue weighted by Crippen LogP contribution is 2.15. The third kappa shape index (κ3) is 4.17. The molecule has 2 aromatic rings. The number of benzene rings is 1. The summed E-state index contributed by atoms with van der Waals surface area (Å²) in [5.74, 6) is 0.136. The third-order valence-corrected chi connectivity index (χ3v) is 4.16. The first-order valence-electron chi connectivity index (χ1n) is 6.91. The van der Waals surface area contributed by atoms with E-state index in [0.717, 1.165) is 10.4 Å².